The van der Waals surface area contributed by atoms with Crippen LogP contribution in [0.2, 0.25) is 0 Å². The number of hydrogen-bond acceptors (Lipinski definition) is 7. The molecule has 0 aliphatic heterocycles. The number of para-hydroxylation sites is 1. The van der Waals surface area contributed by atoms with Gasteiger partial charge >= 0.3 is 0 Å². The number of rotatable bonds is 8. The lowest BCUT2D eigenvalue weighted by Crippen LogP contribution is -2.11. The van der Waals surface area contributed by atoms with Crippen molar-refractivity contribution in [2.45, 2.75) is 6.54 Å². The smallest absolute Gasteiger partial charge is 0.188 e. The Balaban J connectivity index is 1.31. The van der Waals surface area contributed by atoms with Crippen LogP contribution in [0.15, 0.2) is 78.9 Å². The Morgan fingerprint density at radius 1 is 1.09 bits per heavy atom. The van der Waals surface area contributed by atoms with Crippen LogP contribution in [-0.2, 0) is 6.54 Å². The Bertz CT molecular complexity index is 1400. The second-order valence-electron chi connectivity index (χ2n) is 7.94. The van der Waals surface area contributed by atoms with Crippen LogP contribution < -0.4 is 10.6 Å². The summed E-state index contributed by atoms with van der Waals surface area (Å²) in [6, 6.07) is 18.4. The third-order valence-corrected chi connectivity index (χ3v) is 6.85. The van der Waals surface area contributed by atoms with E-state index in [1.54, 1.807) is 22.7 Å². The van der Waals surface area contributed by atoms with E-state index in [2.05, 4.69) is 81.4 Å². The minimum absolute atomic E-state index is 0.847. The molecule has 0 amide bonds. The van der Waals surface area contributed by atoms with E-state index in [-0.39, 0.29) is 0 Å². The van der Waals surface area contributed by atoms with Gasteiger partial charge in [0.2, 0.25) is 0 Å². The molecule has 0 saturated carbocycles. The number of hydrogen-bond donors (Lipinski definition) is 2. The summed E-state index contributed by atoms with van der Waals surface area (Å²) >= 11 is 3.23. The maximum absolute atomic E-state index is 4.82. The molecule has 5 aromatic rings. The van der Waals surface area contributed by atoms with Crippen molar-refractivity contribution in [1.29, 1.82) is 0 Å². The fourth-order valence-corrected chi connectivity index (χ4v) is 5.16. The van der Waals surface area contributed by atoms with E-state index in [4.69, 9.17) is 4.98 Å². The quantitative estimate of drug-likeness (QED) is 0.273. The minimum atomic E-state index is 0.847. The minimum Gasteiger partial charge on any atom is -0.355 e. The summed E-state index contributed by atoms with van der Waals surface area (Å²) in [5.41, 5.74) is 5.94. The first kappa shape index (κ1) is 21.4. The van der Waals surface area contributed by atoms with Gasteiger partial charge in [-0.15, -0.1) is 22.7 Å². The van der Waals surface area contributed by atoms with E-state index in [1.807, 2.05) is 36.5 Å². The van der Waals surface area contributed by atoms with Gasteiger partial charge in [-0.3, -0.25) is 4.40 Å². The van der Waals surface area contributed by atoms with E-state index in [9.17, 15) is 0 Å². The molecule has 0 spiro atoms. The number of nitrogens with one attached hydrogen (secondary N) is 2. The van der Waals surface area contributed by atoms with E-state index in [0.29, 0.717) is 0 Å². The SMILES string of the molecule is C=C(Nc1ccccc1)c1ccc(Nc2nc(-c3cnc4ccc(CN(C)C)cn34)cs2)s1. The van der Waals surface area contributed by atoms with Gasteiger partial charge in [-0.25, -0.2) is 9.97 Å². The number of thiazole rings is 1. The molecule has 0 aliphatic rings. The van der Waals surface area contributed by atoms with Crippen molar-refractivity contribution in [1.82, 2.24) is 19.3 Å². The summed E-state index contributed by atoms with van der Waals surface area (Å²) in [6.07, 6.45) is 4.02. The monoisotopic (exact) mass is 472 g/mol. The Kier molecular flexibility index (Phi) is 5.95. The van der Waals surface area contributed by atoms with Crippen molar-refractivity contribution in [3.63, 3.8) is 0 Å². The van der Waals surface area contributed by atoms with E-state index in [1.165, 1.54) is 5.56 Å². The highest BCUT2D eigenvalue weighted by molar-refractivity contribution is 7.18. The predicted octanol–water partition coefficient (Wildman–Crippen LogP) is 6.41. The largest absolute Gasteiger partial charge is 0.355 e. The molecule has 0 aliphatic carbocycles. The van der Waals surface area contributed by atoms with Crippen LogP contribution in [-0.4, -0.2) is 33.4 Å². The van der Waals surface area contributed by atoms with Crippen LogP contribution in [0.25, 0.3) is 22.7 Å². The number of fused-ring (bicyclic) bond motifs is 1. The van der Waals surface area contributed by atoms with Crippen molar-refractivity contribution < 1.29 is 0 Å². The normalized spacial score (nSPS) is 11.2. The van der Waals surface area contributed by atoms with Crippen molar-refractivity contribution in [2.75, 3.05) is 24.7 Å². The zero-order valence-electron chi connectivity index (χ0n) is 18.4. The van der Waals surface area contributed by atoms with Crippen LogP contribution in [0.5, 0.6) is 0 Å². The summed E-state index contributed by atoms with van der Waals surface area (Å²) in [5, 5.41) is 10.7. The highest BCUT2D eigenvalue weighted by Gasteiger charge is 2.12. The van der Waals surface area contributed by atoms with Crippen LogP contribution in [0, 0.1) is 0 Å². The van der Waals surface area contributed by atoms with E-state index in [0.717, 1.165) is 50.0 Å². The second-order valence-corrected chi connectivity index (χ2v) is 9.89. The summed E-state index contributed by atoms with van der Waals surface area (Å²) < 4.78 is 2.11. The molecular weight excluding hydrogens is 448 g/mol. The second kappa shape index (κ2) is 9.19. The molecule has 0 fully saturated rings. The third-order valence-electron chi connectivity index (χ3n) is 5.03. The summed E-state index contributed by atoms with van der Waals surface area (Å²) in [7, 11) is 4.14. The van der Waals surface area contributed by atoms with Gasteiger partial charge in [0.05, 0.1) is 21.8 Å². The van der Waals surface area contributed by atoms with Crippen molar-refractivity contribution >= 4 is 49.8 Å². The Labute approximate surface area is 200 Å². The molecule has 8 heteroatoms. The summed E-state index contributed by atoms with van der Waals surface area (Å²) in [5.74, 6) is 0. The van der Waals surface area contributed by atoms with Gasteiger partial charge in [-0.05, 0) is 50.0 Å². The highest BCUT2D eigenvalue weighted by atomic mass is 32.1. The Hall–Kier alpha value is -3.46. The predicted molar refractivity (Wildman–Crippen MR) is 140 cm³/mol. The molecule has 0 radical (unpaired) electrons. The molecule has 6 nitrogen and oxygen atoms in total. The molecule has 0 bridgehead atoms. The number of pyridine rings is 1. The lowest BCUT2D eigenvalue weighted by molar-refractivity contribution is 0.402. The zero-order chi connectivity index (χ0) is 22.8. The number of nitrogens with zero attached hydrogens (tertiary/aromatic N) is 4. The van der Waals surface area contributed by atoms with Gasteiger partial charge in [0.1, 0.15) is 11.3 Å². The topological polar surface area (TPSA) is 57.5 Å². The average molecular weight is 473 g/mol. The maximum atomic E-state index is 4.82. The van der Waals surface area contributed by atoms with Gasteiger partial charge < -0.3 is 15.5 Å². The third kappa shape index (κ3) is 4.83. The van der Waals surface area contributed by atoms with E-state index >= 15 is 0 Å². The lowest BCUT2D eigenvalue weighted by atomic mass is 10.2. The fourth-order valence-electron chi connectivity index (χ4n) is 3.55. The molecule has 0 atom stereocenters. The number of thiophene rings is 1. The number of benzene rings is 1. The van der Waals surface area contributed by atoms with E-state index < -0.39 is 0 Å². The molecule has 4 aromatic heterocycles. The molecular formula is C25H24N6S2. The highest BCUT2D eigenvalue weighted by Crippen LogP contribution is 2.33. The number of imidazole rings is 1. The first-order valence-corrected chi connectivity index (χ1v) is 12.2. The Morgan fingerprint density at radius 3 is 2.76 bits per heavy atom. The fraction of sp³-hybridized carbons (Fsp3) is 0.120. The molecule has 0 saturated heterocycles. The summed E-state index contributed by atoms with van der Waals surface area (Å²) in [6.45, 7) is 5.06. The van der Waals surface area contributed by atoms with Gasteiger partial charge in [0.15, 0.2) is 5.13 Å². The Morgan fingerprint density at radius 2 is 1.94 bits per heavy atom. The van der Waals surface area contributed by atoms with Crippen LogP contribution >= 0.6 is 22.7 Å². The van der Waals surface area contributed by atoms with Crippen molar-refractivity contribution in [2.24, 2.45) is 0 Å². The zero-order valence-corrected chi connectivity index (χ0v) is 20.1. The first-order valence-electron chi connectivity index (χ1n) is 10.5. The van der Waals surface area contributed by atoms with Crippen LogP contribution in [0.4, 0.5) is 15.8 Å². The molecule has 2 N–H and O–H groups in total. The van der Waals surface area contributed by atoms with Gasteiger partial charge in [0.25, 0.3) is 0 Å². The average Bonchev–Trinajstić information content (AvgIpc) is 3.54. The van der Waals surface area contributed by atoms with Gasteiger partial charge in [0, 0.05) is 29.5 Å². The standard InChI is InChI=1S/C25H24N6S2/c1-17(27-19-7-5-4-6-8-19)22-10-12-24(33-22)29-25-28-20(16-32-25)21-13-26-23-11-9-18(14-30(2)3)15-31(21)23/h4-13,15-16,27H,1,14H2,2-3H3,(H,28,29). The van der Waals surface area contributed by atoms with Gasteiger partial charge in [-0.1, -0.05) is 30.8 Å². The van der Waals surface area contributed by atoms with Crippen molar-refractivity contribution in [3.05, 3.63) is 89.4 Å². The molecule has 33 heavy (non-hydrogen) atoms. The molecule has 4 heterocycles. The maximum Gasteiger partial charge on any atom is 0.188 e. The van der Waals surface area contributed by atoms with Gasteiger partial charge in [-0.2, -0.15) is 0 Å². The first-order chi connectivity index (χ1) is 16.0. The molecule has 5 rings (SSSR count). The molecule has 0 unspecified atom stereocenters. The van der Waals surface area contributed by atoms with Crippen LogP contribution in [0.3, 0.4) is 0 Å². The number of anilines is 3. The van der Waals surface area contributed by atoms with Crippen molar-refractivity contribution in [3.8, 4) is 11.4 Å². The molecule has 166 valence electrons. The summed E-state index contributed by atoms with van der Waals surface area (Å²) in [4.78, 5) is 12.6. The number of aromatic nitrogens is 3. The van der Waals surface area contributed by atoms with Crippen LogP contribution in [0.1, 0.15) is 10.4 Å². The lowest BCUT2D eigenvalue weighted by Gasteiger charge is -2.10. The molecule has 1 aromatic carbocycles.